The Morgan fingerprint density at radius 1 is 1.20 bits per heavy atom. The van der Waals surface area contributed by atoms with E-state index in [0.29, 0.717) is 6.54 Å². The highest BCUT2D eigenvalue weighted by Crippen LogP contribution is 2.22. The fourth-order valence-corrected chi connectivity index (χ4v) is 2.57. The number of hydrogen-bond donors (Lipinski definition) is 3. The summed E-state index contributed by atoms with van der Waals surface area (Å²) in [5, 5.41) is 19.9. The normalized spacial score (nSPS) is 17.2. The summed E-state index contributed by atoms with van der Waals surface area (Å²) in [4.78, 5) is 35.3. The average Bonchev–Trinajstić information content (AvgIpc) is 2.39. The smallest absolute Gasteiger partial charge is 0.326 e. The van der Waals surface area contributed by atoms with Gasteiger partial charge in [0.05, 0.1) is 6.42 Å². The van der Waals surface area contributed by atoms with Crippen LogP contribution in [0.2, 0.25) is 0 Å². The molecule has 0 bridgehead atoms. The molecule has 1 saturated carbocycles. The highest BCUT2D eigenvalue weighted by Gasteiger charge is 2.28. The molecule has 1 aliphatic carbocycles. The van der Waals surface area contributed by atoms with E-state index < -0.39 is 30.4 Å². The largest absolute Gasteiger partial charge is 0.481 e. The zero-order valence-corrected chi connectivity index (χ0v) is 11.7. The molecule has 0 spiro atoms. The lowest BCUT2D eigenvalue weighted by molar-refractivity contribution is -0.145. The van der Waals surface area contributed by atoms with Gasteiger partial charge < -0.3 is 20.4 Å². The van der Waals surface area contributed by atoms with Crippen LogP contribution in [0.5, 0.6) is 0 Å². The summed E-state index contributed by atoms with van der Waals surface area (Å²) in [6.45, 7) is 2.32. The van der Waals surface area contributed by atoms with Crippen LogP contribution in [-0.2, 0) is 9.59 Å². The number of nitrogens with zero attached hydrogens (tertiary/aromatic N) is 1. The number of carboxylic acid groups (broad SMARTS) is 2. The SMILES string of the molecule is CCN(C(=O)N[C@H](CC(=O)O)C(=O)O)C1CCCCC1. The monoisotopic (exact) mass is 286 g/mol. The van der Waals surface area contributed by atoms with Crippen molar-refractivity contribution in [2.45, 2.75) is 57.5 Å². The molecule has 1 rings (SSSR count). The molecular weight excluding hydrogens is 264 g/mol. The number of carboxylic acids is 2. The van der Waals surface area contributed by atoms with Gasteiger partial charge in [0.25, 0.3) is 0 Å². The maximum atomic E-state index is 12.1. The molecule has 0 radical (unpaired) electrons. The molecule has 2 amide bonds. The van der Waals surface area contributed by atoms with Crippen molar-refractivity contribution in [3.63, 3.8) is 0 Å². The third kappa shape index (κ3) is 4.71. The summed E-state index contributed by atoms with van der Waals surface area (Å²) < 4.78 is 0. The van der Waals surface area contributed by atoms with Crippen molar-refractivity contribution in [2.75, 3.05) is 6.54 Å². The molecule has 1 atom stereocenters. The standard InChI is InChI=1S/C13H22N2O5/c1-2-15(9-6-4-3-5-7-9)13(20)14-10(12(18)19)8-11(16)17/h9-10H,2-8H2,1H3,(H,14,20)(H,16,17)(H,18,19)/t10-/m1/s1. The quantitative estimate of drug-likeness (QED) is 0.681. The van der Waals surface area contributed by atoms with Crippen LogP contribution in [0.3, 0.4) is 0 Å². The van der Waals surface area contributed by atoms with Gasteiger partial charge in [0, 0.05) is 12.6 Å². The van der Waals surface area contributed by atoms with E-state index in [4.69, 9.17) is 10.2 Å². The van der Waals surface area contributed by atoms with Crippen molar-refractivity contribution in [1.82, 2.24) is 10.2 Å². The summed E-state index contributed by atoms with van der Waals surface area (Å²) in [7, 11) is 0. The Morgan fingerprint density at radius 3 is 2.25 bits per heavy atom. The maximum Gasteiger partial charge on any atom is 0.326 e. The topological polar surface area (TPSA) is 107 Å². The van der Waals surface area contributed by atoms with Crippen molar-refractivity contribution in [3.8, 4) is 0 Å². The second-order valence-corrected chi connectivity index (χ2v) is 5.02. The van der Waals surface area contributed by atoms with Gasteiger partial charge in [-0.05, 0) is 19.8 Å². The van der Waals surface area contributed by atoms with E-state index in [1.54, 1.807) is 4.90 Å². The minimum Gasteiger partial charge on any atom is -0.481 e. The molecule has 0 aliphatic heterocycles. The zero-order chi connectivity index (χ0) is 15.1. The fourth-order valence-electron chi connectivity index (χ4n) is 2.57. The molecule has 1 fully saturated rings. The second kappa shape index (κ2) is 7.72. The number of amides is 2. The van der Waals surface area contributed by atoms with E-state index in [0.717, 1.165) is 32.1 Å². The number of rotatable bonds is 6. The first-order chi connectivity index (χ1) is 9.45. The van der Waals surface area contributed by atoms with E-state index in [-0.39, 0.29) is 6.04 Å². The highest BCUT2D eigenvalue weighted by molar-refractivity contribution is 5.86. The van der Waals surface area contributed by atoms with Gasteiger partial charge in [-0.2, -0.15) is 0 Å². The number of carbonyl (C=O) groups excluding carboxylic acids is 1. The van der Waals surface area contributed by atoms with Gasteiger partial charge in [0.2, 0.25) is 0 Å². The van der Waals surface area contributed by atoms with E-state index >= 15 is 0 Å². The third-order valence-electron chi connectivity index (χ3n) is 3.59. The van der Waals surface area contributed by atoms with Crippen LogP contribution in [0, 0.1) is 0 Å². The molecule has 20 heavy (non-hydrogen) atoms. The number of urea groups is 1. The second-order valence-electron chi connectivity index (χ2n) is 5.02. The minimum atomic E-state index is -1.39. The molecule has 0 heterocycles. The summed E-state index contributed by atoms with van der Waals surface area (Å²) in [5.41, 5.74) is 0. The molecule has 0 aromatic heterocycles. The lowest BCUT2D eigenvalue weighted by atomic mass is 9.94. The van der Waals surface area contributed by atoms with Gasteiger partial charge in [-0.15, -0.1) is 0 Å². The Balaban J connectivity index is 2.64. The maximum absolute atomic E-state index is 12.1. The van der Waals surface area contributed by atoms with Crippen molar-refractivity contribution < 1.29 is 24.6 Å². The Kier molecular flexibility index (Phi) is 6.27. The predicted octanol–water partition coefficient (Wildman–Crippen LogP) is 1.28. The molecule has 114 valence electrons. The van der Waals surface area contributed by atoms with Crippen LogP contribution in [-0.4, -0.2) is 51.7 Å². The summed E-state index contributed by atoms with van der Waals surface area (Å²) in [5.74, 6) is -2.58. The lowest BCUT2D eigenvalue weighted by Crippen LogP contribution is -2.52. The predicted molar refractivity (Wildman–Crippen MR) is 71.5 cm³/mol. The fraction of sp³-hybridized carbons (Fsp3) is 0.769. The van der Waals surface area contributed by atoms with Gasteiger partial charge >= 0.3 is 18.0 Å². The Labute approximate surface area is 117 Å². The van der Waals surface area contributed by atoms with Crippen molar-refractivity contribution in [3.05, 3.63) is 0 Å². The van der Waals surface area contributed by atoms with E-state index in [1.807, 2.05) is 6.92 Å². The Hall–Kier alpha value is -1.79. The Bertz CT molecular complexity index is 366. The lowest BCUT2D eigenvalue weighted by Gasteiger charge is -2.34. The highest BCUT2D eigenvalue weighted by atomic mass is 16.4. The molecule has 0 aromatic carbocycles. The van der Waals surface area contributed by atoms with Crippen molar-refractivity contribution >= 4 is 18.0 Å². The molecule has 7 heteroatoms. The number of nitrogens with one attached hydrogen (secondary N) is 1. The average molecular weight is 286 g/mol. The molecular formula is C13H22N2O5. The molecule has 1 aliphatic rings. The van der Waals surface area contributed by atoms with Crippen LogP contribution in [0.4, 0.5) is 4.79 Å². The van der Waals surface area contributed by atoms with E-state index in [1.165, 1.54) is 0 Å². The van der Waals surface area contributed by atoms with Gasteiger partial charge in [-0.1, -0.05) is 19.3 Å². The zero-order valence-electron chi connectivity index (χ0n) is 11.7. The molecule has 3 N–H and O–H groups in total. The van der Waals surface area contributed by atoms with Gasteiger partial charge in [0.1, 0.15) is 6.04 Å². The van der Waals surface area contributed by atoms with Gasteiger partial charge in [-0.25, -0.2) is 9.59 Å². The minimum absolute atomic E-state index is 0.119. The van der Waals surface area contributed by atoms with Crippen LogP contribution in [0.1, 0.15) is 45.4 Å². The van der Waals surface area contributed by atoms with Crippen molar-refractivity contribution in [1.29, 1.82) is 0 Å². The third-order valence-corrected chi connectivity index (χ3v) is 3.59. The Morgan fingerprint density at radius 2 is 1.80 bits per heavy atom. The van der Waals surface area contributed by atoms with Crippen LogP contribution >= 0.6 is 0 Å². The number of carbonyl (C=O) groups is 3. The van der Waals surface area contributed by atoms with Gasteiger partial charge in [0.15, 0.2) is 0 Å². The number of aliphatic carboxylic acids is 2. The molecule has 0 saturated heterocycles. The van der Waals surface area contributed by atoms with Gasteiger partial charge in [-0.3, -0.25) is 4.79 Å². The molecule has 0 unspecified atom stereocenters. The summed E-state index contributed by atoms with van der Waals surface area (Å²) in [6.07, 6.45) is 4.49. The first kappa shape index (κ1) is 16.3. The van der Waals surface area contributed by atoms with Crippen LogP contribution in [0.15, 0.2) is 0 Å². The van der Waals surface area contributed by atoms with Crippen LogP contribution < -0.4 is 5.32 Å². The summed E-state index contributed by atoms with van der Waals surface area (Å²) in [6, 6.07) is -1.77. The molecule has 0 aromatic rings. The van der Waals surface area contributed by atoms with Crippen molar-refractivity contribution in [2.24, 2.45) is 0 Å². The first-order valence-corrected chi connectivity index (χ1v) is 6.97. The van der Waals surface area contributed by atoms with Crippen LogP contribution in [0.25, 0.3) is 0 Å². The number of hydrogen-bond acceptors (Lipinski definition) is 3. The molecule has 7 nitrogen and oxygen atoms in total. The first-order valence-electron chi connectivity index (χ1n) is 6.97. The summed E-state index contributed by atoms with van der Waals surface area (Å²) >= 11 is 0. The van der Waals surface area contributed by atoms with E-state index in [9.17, 15) is 14.4 Å². The van der Waals surface area contributed by atoms with E-state index in [2.05, 4.69) is 5.32 Å².